The van der Waals surface area contributed by atoms with Crippen LogP contribution < -0.4 is 5.32 Å². The van der Waals surface area contributed by atoms with Gasteiger partial charge in [-0.05, 0) is 44.7 Å². The van der Waals surface area contributed by atoms with Crippen molar-refractivity contribution in [2.45, 2.75) is 39.5 Å². The maximum Gasteiger partial charge on any atom is 0.0930 e. The lowest BCUT2D eigenvalue weighted by atomic mass is 9.93. The SMILES string of the molecule is CCNCC1CCCC1Cc1nc(C)cs1. The minimum absolute atomic E-state index is 0.865. The molecule has 90 valence electrons. The number of aromatic nitrogens is 1. The smallest absolute Gasteiger partial charge is 0.0930 e. The monoisotopic (exact) mass is 238 g/mol. The molecular formula is C13H22N2S. The van der Waals surface area contributed by atoms with E-state index in [9.17, 15) is 0 Å². The third-order valence-corrected chi connectivity index (χ3v) is 4.57. The first-order valence-corrected chi connectivity index (χ1v) is 7.29. The molecule has 2 unspecified atom stereocenters. The summed E-state index contributed by atoms with van der Waals surface area (Å²) in [6, 6.07) is 0. The largest absolute Gasteiger partial charge is 0.317 e. The van der Waals surface area contributed by atoms with Gasteiger partial charge in [0.1, 0.15) is 0 Å². The van der Waals surface area contributed by atoms with Crippen molar-refractivity contribution in [2.75, 3.05) is 13.1 Å². The van der Waals surface area contributed by atoms with Crippen LogP contribution in [0.25, 0.3) is 0 Å². The van der Waals surface area contributed by atoms with Crippen molar-refractivity contribution in [3.63, 3.8) is 0 Å². The van der Waals surface area contributed by atoms with Gasteiger partial charge in [-0.2, -0.15) is 0 Å². The van der Waals surface area contributed by atoms with E-state index in [0.717, 1.165) is 18.4 Å². The Balaban J connectivity index is 1.88. The summed E-state index contributed by atoms with van der Waals surface area (Å²) < 4.78 is 0. The van der Waals surface area contributed by atoms with E-state index < -0.39 is 0 Å². The first-order valence-electron chi connectivity index (χ1n) is 6.41. The number of rotatable bonds is 5. The number of nitrogens with zero attached hydrogens (tertiary/aromatic N) is 1. The van der Waals surface area contributed by atoms with Gasteiger partial charge >= 0.3 is 0 Å². The van der Waals surface area contributed by atoms with Gasteiger partial charge in [0.2, 0.25) is 0 Å². The Morgan fingerprint density at radius 3 is 2.94 bits per heavy atom. The quantitative estimate of drug-likeness (QED) is 0.853. The molecule has 3 heteroatoms. The summed E-state index contributed by atoms with van der Waals surface area (Å²) in [5.74, 6) is 1.74. The van der Waals surface area contributed by atoms with Crippen molar-refractivity contribution in [1.82, 2.24) is 10.3 Å². The van der Waals surface area contributed by atoms with Crippen LogP contribution in [0.3, 0.4) is 0 Å². The van der Waals surface area contributed by atoms with Crippen molar-refractivity contribution in [1.29, 1.82) is 0 Å². The van der Waals surface area contributed by atoms with Gasteiger partial charge in [0.15, 0.2) is 0 Å². The number of aryl methyl sites for hydroxylation is 1. The summed E-state index contributed by atoms with van der Waals surface area (Å²) in [4.78, 5) is 4.59. The maximum atomic E-state index is 4.59. The van der Waals surface area contributed by atoms with Crippen LogP contribution in [0, 0.1) is 18.8 Å². The molecule has 1 heterocycles. The number of thiazole rings is 1. The molecule has 0 amide bonds. The molecule has 16 heavy (non-hydrogen) atoms. The van der Waals surface area contributed by atoms with Crippen LogP contribution in [0.5, 0.6) is 0 Å². The average Bonchev–Trinajstić information content (AvgIpc) is 2.86. The van der Waals surface area contributed by atoms with E-state index in [4.69, 9.17) is 0 Å². The molecule has 2 atom stereocenters. The topological polar surface area (TPSA) is 24.9 Å². The van der Waals surface area contributed by atoms with Gasteiger partial charge in [-0.25, -0.2) is 4.98 Å². The lowest BCUT2D eigenvalue weighted by Gasteiger charge is -2.18. The second-order valence-corrected chi connectivity index (χ2v) is 5.79. The Morgan fingerprint density at radius 1 is 1.44 bits per heavy atom. The molecule has 2 rings (SSSR count). The number of hydrogen-bond donors (Lipinski definition) is 1. The molecule has 1 aromatic heterocycles. The lowest BCUT2D eigenvalue weighted by Crippen LogP contribution is -2.25. The minimum atomic E-state index is 0.865. The van der Waals surface area contributed by atoms with Crippen LogP contribution in [0.15, 0.2) is 5.38 Å². The van der Waals surface area contributed by atoms with Crippen LogP contribution in [0.4, 0.5) is 0 Å². The van der Waals surface area contributed by atoms with Crippen LogP contribution in [-0.2, 0) is 6.42 Å². The van der Waals surface area contributed by atoms with Crippen molar-refractivity contribution in [3.05, 3.63) is 16.1 Å². The van der Waals surface area contributed by atoms with Crippen LogP contribution in [0.1, 0.15) is 36.9 Å². The average molecular weight is 238 g/mol. The van der Waals surface area contributed by atoms with Crippen LogP contribution in [-0.4, -0.2) is 18.1 Å². The number of nitrogens with one attached hydrogen (secondary N) is 1. The molecule has 2 nitrogen and oxygen atoms in total. The molecule has 0 bridgehead atoms. The molecule has 0 saturated heterocycles. The van der Waals surface area contributed by atoms with E-state index in [-0.39, 0.29) is 0 Å². The third kappa shape index (κ3) is 3.05. The fraction of sp³-hybridized carbons (Fsp3) is 0.769. The zero-order valence-electron chi connectivity index (χ0n) is 10.3. The summed E-state index contributed by atoms with van der Waals surface area (Å²) in [6.07, 6.45) is 5.41. The molecule has 0 radical (unpaired) electrons. The molecule has 0 aliphatic heterocycles. The fourth-order valence-corrected chi connectivity index (χ4v) is 3.57. The summed E-state index contributed by atoms with van der Waals surface area (Å²) >= 11 is 1.83. The van der Waals surface area contributed by atoms with E-state index in [2.05, 4.69) is 29.5 Å². The van der Waals surface area contributed by atoms with E-state index in [1.807, 2.05) is 11.3 Å². The van der Waals surface area contributed by atoms with Crippen LogP contribution in [0.2, 0.25) is 0 Å². The molecule has 1 N–H and O–H groups in total. The van der Waals surface area contributed by atoms with E-state index in [1.165, 1.54) is 42.9 Å². The van der Waals surface area contributed by atoms with Gasteiger partial charge in [-0.1, -0.05) is 13.3 Å². The van der Waals surface area contributed by atoms with Gasteiger partial charge in [0.25, 0.3) is 0 Å². The highest BCUT2D eigenvalue weighted by atomic mass is 32.1. The summed E-state index contributed by atoms with van der Waals surface area (Å²) in [5, 5.41) is 7.00. The van der Waals surface area contributed by atoms with E-state index in [1.54, 1.807) is 0 Å². The summed E-state index contributed by atoms with van der Waals surface area (Å²) in [5.41, 5.74) is 1.18. The second-order valence-electron chi connectivity index (χ2n) is 4.85. The first-order chi connectivity index (χ1) is 7.79. The first kappa shape index (κ1) is 12.1. The fourth-order valence-electron chi connectivity index (χ4n) is 2.70. The standard InChI is InChI=1S/C13H22N2S/c1-3-14-8-12-6-4-5-11(12)7-13-15-10(2)9-16-13/h9,11-12,14H,3-8H2,1-2H3. The molecule has 1 aromatic rings. The highest BCUT2D eigenvalue weighted by Crippen LogP contribution is 2.34. The zero-order valence-corrected chi connectivity index (χ0v) is 11.1. The zero-order chi connectivity index (χ0) is 11.4. The highest BCUT2D eigenvalue weighted by Gasteiger charge is 2.27. The summed E-state index contributed by atoms with van der Waals surface area (Å²) in [6.45, 7) is 6.57. The second kappa shape index (κ2) is 5.78. The van der Waals surface area contributed by atoms with Crippen molar-refractivity contribution >= 4 is 11.3 Å². The van der Waals surface area contributed by atoms with Gasteiger partial charge in [-0.3, -0.25) is 0 Å². The Kier molecular flexibility index (Phi) is 4.36. The normalized spacial score (nSPS) is 25.1. The van der Waals surface area contributed by atoms with Crippen molar-refractivity contribution < 1.29 is 0 Å². The van der Waals surface area contributed by atoms with Gasteiger partial charge < -0.3 is 5.32 Å². The summed E-state index contributed by atoms with van der Waals surface area (Å²) in [7, 11) is 0. The highest BCUT2D eigenvalue weighted by molar-refractivity contribution is 7.09. The predicted octanol–water partition coefficient (Wildman–Crippen LogP) is 3.02. The maximum absolute atomic E-state index is 4.59. The van der Waals surface area contributed by atoms with Gasteiger partial charge in [-0.15, -0.1) is 11.3 Å². The third-order valence-electron chi connectivity index (χ3n) is 3.58. The van der Waals surface area contributed by atoms with Gasteiger partial charge in [0, 0.05) is 17.5 Å². The van der Waals surface area contributed by atoms with Crippen molar-refractivity contribution in [3.8, 4) is 0 Å². The van der Waals surface area contributed by atoms with Crippen molar-refractivity contribution in [2.24, 2.45) is 11.8 Å². The molecule has 0 aromatic carbocycles. The molecule has 1 aliphatic rings. The van der Waals surface area contributed by atoms with Crippen LogP contribution >= 0.6 is 11.3 Å². The molecule has 1 aliphatic carbocycles. The molecule has 0 spiro atoms. The Bertz CT molecular complexity index is 321. The van der Waals surface area contributed by atoms with E-state index >= 15 is 0 Å². The molecule has 1 fully saturated rings. The lowest BCUT2D eigenvalue weighted by molar-refractivity contribution is 0.368. The Labute approximate surface area is 102 Å². The Morgan fingerprint density at radius 2 is 2.25 bits per heavy atom. The molecular weight excluding hydrogens is 216 g/mol. The minimum Gasteiger partial charge on any atom is -0.317 e. The van der Waals surface area contributed by atoms with E-state index in [0.29, 0.717) is 0 Å². The Hall–Kier alpha value is -0.410. The molecule has 1 saturated carbocycles. The van der Waals surface area contributed by atoms with Gasteiger partial charge in [0.05, 0.1) is 5.01 Å². The predicted molar refractivity (Wildman–Crippen MR) is 69.9 cm³/mol. The number of hydrogen-bond acceptors (Lipinski definition) is 3.